The molecule has 0 radical (unpaired) electrons. The zero-order valence-electron chi connectivity index (χ0n) is 9.03. The first-order chi connectivity index (χ1) is 7.04. The molecule has 0 saturated heterocycles. The number of carbonyl (C=O) groups excluding carboxylic acids is 1. The van der Waals surface area contributed by atoms with E-state index in [0.717, 1.165) is 11.1 Å². The topological polar surface area (TPSA) is 48.4 Å². The van der Waals surface area contributed by atoms with Gasteiger partial charge in [0.1, 0.15) is 5.69 Å². The highest BCUT2D eigenvalue weighted by molar-refractivity contribution is 5.87. The fourth-order valence-corrected chi connectivity index (χ4v) is 1.71. The first-order valence-corrected chi connectivity index (χ1v) is 4.76. The normalized spacial score (nSPS) is 17.3. The quantitative estimate of drug-likeness (QED) is 0.657. The molecule has 1 aromatic heterocycles. The molecule has 0 saturated carbocycles. The van der Waals surface area contributed by atoms with Crippen LogP contribution in [0, 0.1) is 0 Å². The van der Waals surface area contributed by atoms with E-state index in [4.69, 9.17) is 4.74 Å². The molecule has 0 spiro atoms. The zero-order valence-corrected chi connectivity index (χ0v) is 9.03. The number of nitrogens with zero attached hydrogens (tertiary/aromatic N) is 1. The summed E-state index contributed by atoms with van der Waals surface area (Å²) in [6.45, 7) is 4.50. The molecular formula is C11H13NO3. The van der Waals surface area contributed by atoms with Crippen LogP contribution in [0.15, 0.2) is 12.3 Å². The van der Waals surface area contributed by atoms with E-state index >= 15 is 0 Å². The number of esters is 1. The molecule has 1 aliphatic rings. The maximum absolute atomic E-state index is 11.3. The van der Waals surface area contributed by atoms with Crippen LogP contribution in [0.1, 0.15) is 35.5 Å². The number of rotatable bonds is 1. The van der Waals surface area contributed by atoms with Gasteiger partial charge in [-0.15, -0.1) is 0 Å². The van der Waals surface area contributed by atoms with Crippen molar-refractivity contribution in [2.24, 2.45) is 0 Å². The third-order valence-corrected chi connectivity index (χ3v) is 2.62. The zero-order chi connectivity index (χ0) is 11.1. The van der Waals surface area contributed by atoms with E-state index in [2.05, 4.69) is 9.72 Å². The van der Waals surface area contributed by atoms with Crippen molar-refractivity contribution in [2.75, 3.05) is 7.11 Å². The number of hydrogen-bond donors (Lipinski definition) is 0. The fourth-order valence-electron chi connectivity index (χ4n) is 1.71. The first kappa shape index (κ1) is 10.1. The average molecular weight is 207 g/mol. The van der Waals surface area contributed by atoms with Crippen molar-refractivity contribution in [1.82, 2.24) is 4.98 Å². The van der Waals surface area contributed by atoms with Gasteiger partial charge in [-0.1, -0.05) is 0 Å². The molecule has 1 aromatic rings. The minimum Gasteiger partial charge on any atom is -0.464 e. The number of carbonyl (C=O) groups is 1. The Labute approximate surface area is 88.2 Å². The van der Waals surface area contributed by atoms with E-state index in [1.165, 1.54) is 7.11 Å². The van der Waals surface area contributed by atoms with Crippen LogP contribution in [0.4, 0.5) is 0 Å². The molecule has 0 aromatic carbocycles. The van der Waals surface area contributed by atoms with E-state index < -0.39 is 5.97 Å². The molecule has 4 heteroatoms. The second-order valence-corrected chi connectivity index (χ2v) is 4.02. The van der Waals surface area contributed by atoms with E-state index in [1.807, 2.05) is 13.8 Å². The highest BCUT2D eigenvalue weighted by Crippen LogP contribution is 2.35. The second-order valence-electron chi connectivity index (χ2n) is 4.02. The Kier molecular flexibility index (Phi) is 2.23. The minimum absolute atomic E-state index is 0.329. The lowest BCUT2D eigenvalue weighted by molar-refractivity contribution is -0.00791. The number of aromatic nitrogens is 1. The summed E-state index contributed by atoms with van der Waals surface area (Å²) < 4.78 is 10.2. The Morgan fingerprint density at radius 2 is 2.33 bits per heavy atom. The van der Waals surface area contributed by atoms with Crippen molar-refractivity contribution in [2.45, 2.75) is 26.1 Å². The lowest BCUT2D eigenvalue weighted by Crippen LogP contribution is -2.16. The summed E-state index contributed by atoms with van der Waals surface area (Å²) in [6, 6.07) is 1.74. The molecule has 2 rings (SSSR count). The van der Waals surface area contributed by atoms with Crippen molar-refractivity contribution in [3.63, 3.8) is 0 Å². The minimum atomic E-state index is -0.416. The van der Waals surface area contributed by atoms with Crippen LogP contribution < -0.4 is 0 Å². The summed E-state index contributed by atoms with van der Waals surface area (Å²) >= 11 is 0. The first-order valence-electron chi connectivity index (χ1n) is 4.76. The molecule has 2 heterocycles. The summed E-state index contributed by atoms with van der Waals surface area (Å²) in [5.74, 6) is -0.416. The van der Waals surface area contributed by atoms with Gasteiger partial charge in [0.15, 0.2) is 0 Å². The van der Waals surface area contributed by atoms with Crippen molar-refractivity contribution < 1.29 is 14.3 Å². The second kappa shape index (κ2) is 3.31. The third-order valence-electron chi connectivity index (χ3n) is 2.62. The molecule has 80 valence electrons. The molecule has 0 fully saturated rings. The highest BCUT2D eigenvalue weighted by atomic mass is 16.5. The van der Waals surface area contributed by atoms with Crippen molar-refractivity contribution in [1.29, 1.82) is 0 Å². The van der Waals surface area contributed by atoms with Gasteiger partial charge in [0.25, 0.3) is 0 Å². The van der Waals surface area contributed by atoms with Crippen LogP contribution in [-0.4, -0.2) is 18.1 Å². The van der Waals surface area contributed by atoms with E-state index in [-0.39, 0.29) is 5.60 Å². The number of ether oxygens (including phenoxy) is 2. The predicted octanol–water partition coefficient (Wildman–Crippen LogP) is 1.63. The Morgan fingerprint density at radius 3 is 3.00 bits per heavy atom. The van der Waals surface area contributed by atoms with Crippen LogP contribution >= 0.6 is 0 Å². The summed E-state index contributed by atoms with van der Waals surface area (Å²) in [5.41, 5.74) is 2.03. The van der Waals surface area contributed by atoms with Crippen LogP contribution in [0.3, 0.4) is 0 Å². The van der Waals surface area contributed by atoms with Gasteiger partial charge in [-0.25, -0.2) is 9.78 Å². The van der Waals surface area contributed by atoms with E-state index in [1.54, 1.807) is 12.3 Å². The van der Waals surface area contributed by atoms with Gasteiger partial charge >= 0.3 is 5.97 Å². The molecule has 0 unspecified atom stereocenters. The van der Waals surface area contributed by atoms with Crippen molar-refractivity contribution in [3.8, 4) is 0 Å². The van der Waals surface area contributed by atoms with Crippen molar-refractivity contribution in [3.05, 3.63) is 29.1 Å². The number of methoxy groups -OCH3 is 1. The lowest BCUT2D eigenvalue weighted by Gasteiger charge is -2.18. The summed E-state index contributed by atoms with van der Waals surface area (Å²) in [4.78, 5) is 15.3. The molecule has 4 nitrogen and oxygen atoms in total. The molecule has 0 atom stereocenters. The standard InChI is InChI=1S/C11H13NO3/c1-11(2)8-4-9(10(13)14-3)12-5-7(8)6-15-11/h4-5H,6H2,1-3H3. The smallest absolute Gasteiger partial charge is 0.356 e. The molecule has 0 N–H and O–H groups in total. The highest BCUT2D eigenvalue weighted by Gasteiger charge is 2.31. The lowest BCUT2D eigenvalue weighted by atomic mass is 9.97. The van der Waals surface area contributed by atoms with Crippen LogP contribution in [0.25, 0.3) is 0 Å². The maximum atomic E-state index is 11.3. The van der Waals surface area contributed by atoms with Gasteiger partial charge in [0, 0.05) is 11.8 Å². The van der Waals surface area contributed by atoms with Gasteiger partial charge in [-0.05, 0) is 25.5 Å². The molecule has 15 heavy (non-hydrogen) atoms. The Morgan fingerprint density at radius 1 is 1.60 bits per heavy atom. The van der Waals surface area contributed by atoms with Crippen LogP contribution in [0.5, 0.6) is 0 Å². The fraction of sp³-hybridized carbons (Fsp3) is 0.455. The summed E-state index contributed by atoms with van der Waals surface area (Å²) in [5, 5.41) is 0. The van der Waals surface area contributed by atoms with Gasteiger partial charge in [-0.3, -0.25) is 0 Å². The Bertz CT molecular complexity index is 412. The van der Waals surface area contributed by atoms with Gasteiger partial charge < -0.3 is 9.47 Å². The van der Waals surface area contributed by atoms with Gasteiger partial charge in [0.2, 0.25) is 0 Å². The monoisotopic (exact) mass is 207 g/mol. The number of fused-ring (bicyclic) bond motifs is 1. The maximum Gasteiger partial charge on any atom is 0.356 e. The summed E-state index contributed by atoms with van der Waals surface area (Å²) in [6.07, 6.45) is 1.68. The van der Waals surface area contributed by atoms with Gasteiger partial charge in [-0.2, -0.15) is 0 Å². The van der Waals surface area contributed by atoms with Crippen LogP contribution in [-0.2, 0) is 21.7 Å². The van der Waals surface area contributed by atoms with E-state index in [0.29, 0.717) is 12.3 Å². The molecule has 0 aliphatic carbocycles. The largest absolute Gasteiger partial charge is 0.464 e. The Balaban J connectivity index is 2.46. The number of hydrogen-bond acceptors (Lipinski definition) is 4. The van der Waals surface area contributed by atoms with Crippen LogP contribution in [0.2, 0.25) is 0 Å². The number of pyridine rings is 1. The average Bonchev–Trinajstić information content (AvgIpc) is 2.53. The SMILES string of the molecule is COC(=O)c1cc2c(cn1)COC2(C)C. The summed E-state index contributed by atoms with van der Waals surface area (Å²) in [7, 11) is 1.35. The van der Waals surface area contributed by atoms with Crippen molar-refractivity contribution >= 4 is 5.97 Å². The molecule has 1 aliphatic heterocycles. The predicted molar refractivity (Wildman–Crippen MR) is 53.4 cm³/mol. The third kappa shape index (κ3) is 1.61. The molecule has 0 bridgehead atoms. The molecular weight excluding hydrogens is 194 g/mol. The van der Waals surface area contributed by atoms with Gasteiger partial charge in [0.05, 0.1) is 19.3 Å². The van der Waals surface area contributed by atoms with E-state index in [9.17, 15) is 4.79 Å². The Hall–Kier alpha value is -1.42. The molecule has 0 amide bonds.